The van der Waals surface area contributed by atoms with Gasteiger partial charge in [0.15, 0.2) is 0 Å². The first-order chi connectivity index (χ1) is 13.6. The molecule has 1 aliphatic heterocycles. The van der Waals surface area contributed by atoms with Crippen molar-refractivity contribution in [3.05, 3.63) is 59.7 Å². The highest BCUT2D eigenvalue weighted by Crippen LogP contribution is 2.17. The van der Waals surface area contributed by atoms with E-state index in [2.05, 4.69) is 24.0 Å². The Balaban J connectivity index is 1.32. The summed E-state index contributed by atoms with van der Waals surface area (Å²) in [5.74, 6) is 1.93. The number of carbonyl (C=O) groups excluding carboxylic acids is 1. The van der Waals surface area contributed by atoms with Gasteiger partial charge in [0.05, 0.1) is 20.1 Å². The maximum absolute atomic E-state index is 12.5. The Bertz CT molecular complexity index is 735. The third-order valence-corrected chi connectivity index (χ3v) is 5.15. The van der Waals surface area contributed by atoms with Gasteiger partial charge in [0.25, 0.3) is 0 Å². The molecule has 0 bridgehead atoms. The van der Waals surface area contributed by atoms with Crippen LogP contribution in [0.15, 0.2) is 48.5 Å². The molecule has 28 heavy (non-hydrogen) atoms. The van der Waals surface area contributed by atoms with Gasteiger partial charge in [0, 0.05) is 32.7 Å². The van der Waals surface area contributed by atoms with Crippen LogP contribution in [0.3, 0.4) is 0 Å². The summed E-state index contributed by atoms with van der Waals surface area (Å²) in [6, 6.07) is 15.9. The smallest absolute Gasteiger partial charge is 0.227 e. The molecule has 1 amide bonds. The van der Waals surface area contributed by atoms with Gasteiger partial charge in [0.2, 0.25) is 5.91 Å². The molecule has 1 aliphatic rings. The number of hydrogen-bond donors (Lipinski definition) is 0. The van der Waals surface area contributed by atoms with Crippen molar-refractivity contribution < 1.29 is 14.3 Å². The molecule has 0 unspecified atom stereocenters. The molecule has 2 aromatic rings. The van der Waals surface area contributed by atoms with E-state index in [1.807, 2.05) is 41.3 Å². The molecule has 0 aliphatic carbocycles. The SMILES string of the molecule is COc1ccc(OCCCN2CCN(C(=O)Cc3ccc(C)cc3)CC2)cc1. The monoisotopic (exact) mass is 382 g/mol. The standard InChI is InChI=1S/C23H30N2O3/c1-19-4-6-20(7-5-19)18-23(26)25-15-13-24(14-16-25)12-3-17-28-22-10-8-21(27-2)9-11-22/h4-11H,3,12-18H2,1-2H3. The van der Waals surface area contributed by atoms with Crippen LogP contribution in [0.5, 0.6) is 11.5 Å². The van der Waals surface area contributed by atoms with Crippen molar-refractivity contribution >= 4 is 5.91 Å². The highest BCUT2D eigenvalue weighted by molar-refractivity contribution is 5.78. The van der Waals surface area contributed by atoms with Crippen molar-refractivity contribution in [3.8, 4) is 11.5 Å². The molecule has 0 N–H and O–H groups in total. The number of nitrogens with zero attached hydrogens (tertiary/aromatic N) is 2. The van der Waals surface area contributed by atoms with Crippen molar-refractivity contribution in [1.29, 1.82) is 0 Å². The van der Waals surface area contributed by atoms with Crippen LogP contribution in [0.2, 0.25) is 0 Å². The Morgan fingerprint density at radius 3 is 2.21 bits per heavy atom. The van der Waals surface area contributed by atoms with E-state index < -0.39 is 0 Å². The zero-order chi connectivity index (χ0) is 19.8. The molecule has 1 saturated heterocycles. The van der Waals surface area contributed by atoms with Crippen LogP contribution >= 0.6 is 0 Å². The van der Waals surface area contributed by atoms with E-state index in [9.17, 15) is 4.79 Å². The average Bonchev–Trinajstić information content (AvgIpc) is 2.73. The number of carbonyl (C=O) groups is 1. The van der Waals surface area contributed by atoms with E-state index in [1.54, 1.807) is 7.11 Å². The van der Waals surface area contributed by atoms with E-state index in [0.717, 1.165) is 56.2 Å². The van der Waals surface area contributed by atoms with Crippen LogP contribution in [-0.4, -0.2) is 62.1 Å². The van der Waals surface area contributed by atoms with Crippen molar-refractivity contribution in [1.82, 2.24) is 9.80 Å². The molecule has 5 heteroatoms. The number of benzene rings is 2. The van der Waals surface area contributed by atoms with Gasteiger partial charge in [-0.15, -0.1) is 0 Å². The minimum absolute atomic E-state index is 0.228. The lowest BCUT2D eigenvalue weighted by Crippen LogP contribution is -2.49. The van der Waals surface area contributed by atoms with Crippen LogP contribution < -0.4 is 9.47 Å². The van der Waals surface area contributed by atoms with Crippen molar-refractivity contribution in [2.24, 2.45) is 0 Å². The number of piperazine rings is 1. The molecule has 1 fully saturated rings. The van der Waals surface area contributed by atoms with Gasteiger partial charge in [-0.3, -0.25) is 9.69 Å². The third kappa shape index (κ3) is 5.99. The van der Waals surface area contributed by atoms with Crippen molar-refractivity contribution in [3.63, 3.8) is 0 Å². The van der Waals surface area contributed by atoms with Crippen molar-refractivity contribution in [2.45, 2.75) is 19.8 Å². The summed E-state index contributed by atoms with van der Waals surface area (Å²) in [5.41, 5.74) is 2.31. The summed E-state index contributed by atoms with van der Waals surface area (Å²) in [4.78, 5) is 16.9. The Labute approximate surface area is 167 Å². The quantitative estimate of drug-likeness (QED) is 0.658. The Hall–Kier alpha value is -2.53. The molecule has 2 aromatic carbocycles. The maximum atomic E-state index is 12.5. The van der Waals surface area contributed by atoms with E-state index in [4.69, 9.17) is 9.47 Å². The summed E-state index contributed by atoms with van der Waals surface area (Å²) in [6.45, 7) is 7.24. The minimum atomic E-state index is 0.228. The topological polar surface area (TPSA) is 42.0 Å². The second-order valence-electron chi connectivity index (χ2n) is 7.26. The lowest BCUT2D eigenvalue weighted by molar-refractivity contribution is -0.132. The van der Waals surface area contributed by atoms with Gasteiger partial charge in [-0.2, -0.15) is 0 Å². The lowest BCUT2D eigenvalue weighted by atomic mass is 10.1. The summed E-state index contributed by atoms with van der Waals surface area (Å²) >= 11 is 0. The number of aryl methyl sites for hydroxylation is 1. The Morgan fingerprint density at radius 1 is 0.929 bits per heavy atom. The largest absolute Gasteiger partial charge is 0.497 e. The number of hydrogen-bond acceptors (Lipinski definition) is 4. The summed E-state index contributed by atoms with van der Waals surface area (Å²) in [7, 11) is 1.66. The number of ether oxygens (including phenoxy) is 2. The van der Waals surface area contributed by atoms with E-state index in [-0.39, 0.29) is 5.91 Å². The van der Waals surface area contributed by atoms with Gasteiger partial charge in [-0.25, -0.2) is 0 Å². The molecule has 3 rings (SSSR count). The number of rotatable bonds is 8. The maximum Gasteiger partial charge on any atom is 0.227 e. The normalized spacial score (nSPS) is 14.7. The summed E-state index contributed by atoms with van der Waals surface area (Å²) in [5, 5.41) is 0. The van der Waals surface area contributed by atoms with Crippen LogP contribution in [0, 0.1) is 6.92 Å². The van der Waals surface area contributed by atoms with Crippen LogP contribution in [0.25, 0.3) is 0 Å². The van der Waals surface area contributed by atoms with Crippen molar-refractivity contribution in [2.75, 3.05) is 46.4 Å². The molecule has 150 valence electrons. The predicted octanol–water partition coefficient (Wildman–Crippen LogP) is 3.16. The zero-order valence-electron chi connectivity index (χ0n) is 16.9. The van der Waals surface area contributed by atoms with Gasteiger partial charge in [-0.1, -0.05) is 29.8 Å². The molecular formula is C23H30N2O3. The van der Waals surface area contributed by atoms with Crippen LogP contribution in [0.1, 0.15) is 17.5 Å². The summed E-state index contributed by atoms with van der Waals surface area (Å²) < 4.78 is 10.9. The number of amides is 1. The molecule has 0 saturated carbocycles. The molecule has 0 atom stereocenters. The molecule has 0 radical (unpaired) electrons. The van der Waals surface area contributed by atoms with E-state index in [1.165, 1.54) is 5.56 Å². The van der Waals surface area contributed by atoms with Gasteiger partial charge < -0.3 is 14.4 Å². The molecule has 1 heterocycles. The Morgan fingerprint density at radius 2 is 1.57 bits per heavy atom. The first-order valence-electron chi connectivity index (χ1n) is 9.96. The second kappa shape index (κ2) is 10.1. The second-order valence-corrected chi connectivity index (χ2v) is 7.26. The highest BCUT2D eigenvalue weighted by Gasteiger charge is 2.20. The van der Waals surface area contributed by atoms with Gasteiger partial charge in [0.1, 0.15) is 11.5 Å². The number of methoxy groups -OCH3 is 1. The molecule has 5 nitrogen and oxygen atoms in total. The van der Waals surface area contributed by atoms with Gasteiger partial charge in [-0.05, 0) is 43.2 Å². The fourth-order valence-corrected chi connectivity index (χ4v) is 3.36. The molecule has 0 spiro atoms. The Kier molecular flexibility index (Phi) is 7.31. The zero-order valence-corrected chi connectivity index (χ0v) is 16.9. The van der Waals surface area contributed by atoms with E-state index >= 15 is 0 Å². The average molecular weight is 383 g/mol. The summed E-state index contributed by atoms with van der Waals surface area (Å²) in [6.07, 6.45) is 1.47. The first-order valence-corrected chi connectivity index (χ1v) is 9.96. The minimum Gasteiger partial charge on any atom is -0.497 e. The predicted molar refractivity (Wildman–Crippen MR) is 111 cm³/mol. The fourth-order valence-electron chi connectivity index (χ4n) is 3.36. The third-order valence-electron chi connectivity index (χ3n) is 5.15. The van der Waals surface area contributed by atoms with E-state index in [0.29, 0.717) is 13.0 Å². The van der Waals surface area contributed by atoms with Gasteiger partial charge >= 0.3 is 0 Å². The lowest BCUT2D eigenvalue weighted by Gasteiger charge is -2.34. The molecular weight excluding hydrogens is 352 g/mol. The highest BCUT2D eigenvalue weighted by atomic mass is 16.5. The van der Waals surface area contributed by atoms with Crippen LogP contribution in [-0.2, 0) is 11.2 Å². The molecule has 0 aromatic heterocycles. The fraction of sp³-hybridized carbons (Fsp3) is 0.435. The van der Waals surface area contributed by atoms with Crippen LogP contribution in [0.4, 0.5) is 0 Å². The first kappa shape index (κ1) is 20.2.